The Bertz CT molecular complexity index is 217. The molecule has 1 nitrogen and oxygen atoms in total. The molecule has 0 aliphatic heterocycles. The van der Waals surface area contributed by atoms with Crippen LogP contribution in [0.4, 0.5) is 0 Å². The SMILES string of the molecule is CCCNC1CCCCCCCCCCC1SC(C)C. The largest absolute Gasteiger partial charge is 0.313 e. The van der Waals surface area contributed by atoms with Crippen molar-refractivity contribution in [2.24, 2.45) is 0 Å². The molecule has 0 amide bonds. The van der Waals surface area contributed by atoms with E-state index in [0.717, 1.165) is 16.5 Å². The van der Waals surface area contributed by atoms with Crippen molar-refractivity contribution >= 4 is 11.8 Å². The first kappa shape index (κ1) is 18.4. The molecule has 1 N–H and O–H groups in total. The monoisotopic (exact) mass is 299 g/mol. The Hall–Kier alpha value is 0.310. The van der Waals surface area contributed by atoms with Gasteiger partial charge in [0.05, 0.1) is 0 Å². The first-order valence-corrected chi connectivity index (χ1v) is 10.1. The molecule has 2 atom stereocenters. The number of nitrogens with one attached hydrogen (secondary N) is 1. The van der Waals surface area contributed by atoms with Crippen molar-refractivity contribution in [3.63, 3.8) is 0 Å². The van der Waals surface area contributed by atoms with Crippen LogP contribution in [0.2, 0.25) is 0 Å². The van der Waals surface area contributed by atoms with E-state index < -0.39 is 0 Å². The lowest BCUT2D eigenvalue weighted by atomic mass is 9.97. The molecule has 20 heavy (non-hydrogen) atoms. The molecule has 0 aromatic heterocycles. The second kappa shape index (κ2) is 11.9. The maximum absolute atomic E-state index is 3.86. The predicted molar refractivity (Wildman–Crippen MR) is 94.8 cm³/mol. The summed E-state index contributed by atoms with van der Waals surface area (Å²) in [6.45, 7) is 8.20. The molecule has 1 aliphatic rings. The fraction of sp³-hybridized carbons (Fsp3) is 1.00. The normalized spacial score (nSPS) is 27.0. The van der Waals surface area contributed by atoms with Gasteiger partial charge in [-0.1, -0.05) is 72.1 Å². The van der Waals surface area contributed by atoms with Crippen molar-refractivity contribution in [3.05, 3.63) is 0 Å². The van der Waals surface area contributed by atoms with E-state index in [4.69, 9.17) is 0 Å². The van der Waals surface area contributed by atoms with Crippen LogP contribution in [-0.2, 0) is 0 Å². The second-order valence-corrected chi connectivity index (χ2v) is 8.51. The lowest BCUT2D eigenvalue weighted by Crippen LogP contribution is -2.39. The van der Waals surface area contributed by atoms with E-state index in [9.17, 15) is 0 Å². The molecule has 2 heteroatoms. The zero-order valence-corrected chi connectivity index (χ0v) is 14.9. The minimum atomic E-state index is 0.752. The Balaban J connectivity index is 2.54. The van der Waals surface area contributed by atoms with Gasteiger partial charge in [-0.15, -0.1) is 0 Å². The molecular formula is C18H37NS. The summed E-state index contributed by atoms with van der Waals surface area (Å²) in [5.41, 5.74) is 0. The quantitative estimate of drug-likeness (QED) is 0.690. The summed E-state index contributed by atoms with van der Waals surface area (Å²) in [4.78, 5) is 0. The molecule has 0 bridgehead atoms. The smallest absolute Gasteiger partial charge is 0.0203 e. The average molecular weight is 300 g/mol. The standard InChI is InChI=1S/C18H37NS/c1-4-15-19-17-13-11-9-7-5-6-8-10-12-14-18(17)20-16(2)3/h16-19H,4-15H2,1-3H3. The molecule has 2 unspecified atom stereocenters. The van der Waals surface area contributed by atoms with Gasteiger partial charge >= 0.3 is 0 Å². The average Bonchev–Trinajstić information content (AvgIpc) is 2.40. The van der Waals surface area contributed by atoms with E-state index in [1.807, 2.05) is 0 Å². The zero-order chi connectivity index (χ0) is 14.6. The van der Waals surface area contributed by atoms with Gasteiger partial charge < -0.3 is 5.32 Å². The summed E-state index contributed by atoms with van der Waals surface area (Å²) in [5, 5.41) is 5.45. The van der Waals surface area contributed by atoms with Crippen LogP contribution < -0.4 is 5.32 Å². The maximum atomic E-state index is 3.86. The highest BCUT2D eigenvalue weighted by Gasteiger charge is 2.22. The zero-order valence-electron chi connectivity index (χ0n) is 14.1. The minimum Gasteiger partial charge on any atom is -0.313 e. The van der Waals surface area contributed by atoms with E-state index in [2.05, 4.69) is 37.8 Å². The van der Waals surface area contributed by atoms with Gasteiger partial charge in [-0.05, 0) is 31.1 Å². The maximum Gasteiger partial charge on any atom is 0.0203 e. The molecule has 1 saturated carbocycles. The number of hydrogen-bond acceptors (Lipinski definition) is 2. The van der Waals surface area contributed by atoms with Crippen LogP contribution >= 0.6 is 11.8 Å². The summed E-state index contributed by atoms with van der Waals surface area (Å²) >= 11 is 2.22. The van der Waals surface area contributed by atoms with Crippen molar-refractivity contribution in [1.82, 2.24) is 5.32 Å². The van der Waals surface area contributed by atoms with Gasteiger partial charge in [0.2, 0.25) is 0 Å². The van der Waals surface area contributed by atoms with Gasteiger partial charge in [0.1, 0.15) is 0 Å². The van der Waals surface area contributed by atoms with E-state index in [-0.39, 0.29) is 0 Å². The van der Waals surface area contributed by atoms with Crippen LogP contribution in [0.1, 0.15) is 91.4 Å². The number of thioether (sulfide) groups is 1. The van der Waals surface area contributed by atoms with Crippen LogP contribution in [0.3, 0.4) is 0 Å². The molecule has 1 aliphatic carbocycles. The molecule has 0 aromatic rings. The van der Waals surface area contributed by atoms with Crippen LogP contribution in [0, 0.1) is 0 Å². The lowest BCUT2D eigenvalue weighted by Gasteiger charge is -2.30. The summed E-state index contributed by atoms with van der Waals surface area (Å²) < 4.78 is 0. The first-order valence-electron chi connectivity index (χ1n) is 9.13. The molecule has 0 radical (unpaired) electrons. The van der Waals surface area contributed by atoms with Gasteiger partial charge in [-0.25, -0.2) is 0 Å². The summed E-state index contributed by atoms with van der Waals surface area (Å²) in [5.74, 6) is 0. The Morgan fingerprint density at radius 2 is 1.45 bits per heavy atom. The van der Waals surface area contributed by atoms with Gasteiger partial charge in [0, 0.05) is 11.3 Å². The molecule has 1 rings (SSSR count). The first-order chi connectivity index (χ1) is 9.74. The summed E-state index contributed by atoms with van der Waals surface area (Å²) in [6.07, 6.45) is 15.7. The van der Waals surface area contributed by atoms with Gasteiger partial charge in [-0.2, -0.15) is 11.8 Å². The molecule has 0 heterocycles. The Morgan fingerprint density at radius 1 is 0.900 bits per heavy atom. The van der Waals surface area contributed by atoms with E-state index >= 15 is 0 Å². The highest BCUT2D eigenvalue weighted by molar-refractivity contribution is 8.00. The second-order valence-electron chi connectivity index (χ2n) is 6.69. The summed E-state index contributed by atoms with van der Waals surface area (Å²) in [7, 11) is 0. The third-order valence-corrected chi connectivity index (χ3v) is 5.76. The Labute approximate surface area is 132 Å². The number of hydrogen-bond donors (Lipinski definition) is 1. The van der Waals surface area contributed by atoms with Crippen LogP contribution in [0.15, 0.2) is 0 Å². The molecule has 0 aromatic carbocycles. The highest BCUT2D eigenvalue weighted by atomic mass is 32.2. The molecular weight excluding hydrogens is 262 g/mol. The molecule has 120 valence electrons. The lowest BCUT2D eigenvalue weighted by molar-refractivity contribution is 0.413. The third kappa shape index (κ3) is 8.56. The predicted octanol–water partition coefficient (Wildman–Crippen LogP) is 5.78. The van der Waals surface area contributed by atoms with Crippen molar-refractivity contribution in [2.45, 2.75) is 108 Å². The van der Waals surface area contributed by atoms with Gasteiger partial charge in [-0.3, -0.25) is 0 Å². The van der Waals surface area contributed by atoms with Crippen LogP contribution in [0.5, 0.6) is 0 Å². The third-order valence-electron chi connectivity index (χ3n) is 4.31. The minimum absolute atomic E-state index is 0.752. The van der Waals surface area contributed by atoms with Crippen molar-refractivity contribution in [3.8, 4) is 0 Å². The fourth-order valence-corrected chi connectivity index (χ4v) is 4.66. The summed E-state index contributed by atoms with van der Waals surface area (Å²) in [6, 6.07) is 0.752. The van der Waals surface area contributed by atoms with E-state index in [1.54, 1.807) is 0 Å². The van der Waals surface area contributed by atoms with E-state index in [0.29, 0.717) is 0 Å². The fourth-order valence-electron chi connectivity index (χ4n) is 3.23. The highest BCUT2D eigenvalue weighted by Crippen LogP contribution is 2.28. The van der Waals surface area contributed by atoms with Gasteiger partial charge in [0.25, 0.3) is 0 Å². The molecule has 1 fully saturated rings. The van der Waals surface area contributed by atoms with Crippen molar-refractivity contribution < 1.29 is 0 Å². The van der Waals surface area contributed by atoms with Gasteiger partial charge in [0.15, 0.2) is 0 Å². The van der Waals surface area contributed by atoms with Crippen LogP contribution in [-0.4, -0.2) is 23.1 Å². The van der Waals surface area contributed by atoms with Crippen molar-refractivity contribution in [1.29, 1.82) is 0 Å². The van der Waals surface area contributed by atoms with E-state index in [1.165, 1.54) is 77.2 Å². The molecule has 0 spiro atoms. The number of rotatable bonds is 5. The Kier molecular flexibility index (Phi) is 10.9. The topological polar surface area (TPSA) is 12.0 Å². The molecule has 0 saturated heterocycles. The van der Waals surface area contributed by atoms with Crippen molar-refractivity contribution in [2.75, 3.05) is 6.54 Å². The Morgan fingerprint density at radius 3 is 2.00 bits per heavy atom. The van der Waals surface area contributed by atoms with Crippen LogP contribution in [0.25, 0.3) is 0 Å².